The molecule has 4 nitrogen and oxygen atoms in total. The van der Waals surface area contributed by atoms with Crippen LogP contribution in [0.5, 0.6) is 0 Å². The van der Waals surface area contributed by atoms with Crippen molar-refractivity contribution in [2.24, 2.45) is 11.8 Å². The number of hydrogen-bond donors (Lipinski definition) is 2. The van der Waals surface area contributed by atoms with E-state index in [1.165, 1.54) is 0 Å². The molecule has 2 atom stereocenters. The molecule has 1 amide bonds. The molecule has 0 fully saturated rings. The first-order chi connectivity index (χ1) is 7.25. The molecule has 0 aliphatic carbocycles. The van der Waals surface area contributed by atoms with Gasteiger partial charge < -0.3 is 10.4 Å². The van der Waals surface area contributed by atoms with Crippen LogP contribution in [-0.2, 0) is 9.59 Å². The zero-order valence-corrected chi connectivity index (χ0v) is 10.4. The highest BCUT2D eigenvalue weighted by molar-refractivity contribution is 5.85. The quantitative estimate of drug-likeness (QED) is 0.680. The number of rotatable bonds is 6. The van der Waals surface area contributed by atoms with E-state index in [0.29, 0.717) is 6.42 Å². The fourth-order valence-corrected chi connectivity index (χ4v) is 1.42. The molecule has 0 aromatic heterocycles. The van der Waals surface area contributed by atoms with Crippen LogP contribution in [0, 0.1) is 11.8 Å². The van der Waals surface area contributed by atoms with Crippen molar-refractivity contribution < 1.29 is 14.7 Å². The maximum atomic E-state index is 11.7. The molecule has 0 heterocycles. The van der Waals surface area contributed by atoms with Gasteiger partial charge in [-0.15, -0.1) is 6.58 Å². The maximum absolute atomic E-state index is 11.7. The van der Waals surface area contributed by atoms with Crippen LogP contribution in [0.2, 0.25) is 0 Å². The third-order valence-electron chi connectivity index (χ3n) is 2.33. The van der Waals surface area contributed by atoms with Gasteiger partial charge in [-0.25, -0.2) is 4.79 Å². The van der Waals surface area contributed by atoms with Gasteiger partial charge in [0.15, 0.2) is 0 Å². The Morgan fingerprint density at radius 1 is 1.31 bits per heavy atom. The molecule has 92 valence electrons. The zero-order chi connectivity index (χ0) is 12.9. The van der Waals surface area contributed by atoms with E-state index in [-0.39, 0.29) is 17.7 Å². The Labute approximate surface area is 96.7 Å². The fourth-order valence-electron chi connectivity index (χ4n) is 1.42. The van der Waals surface area contributed by atoms with Gasteiger partial charge in [0.05, 0.1) is 0 Å². The minimum Gasteiger partial charge on any atom is -0.480 e. The van der Waals surface area contributed by atoms with Crippen molar-refractivity contribution in [1.82, 2.24) is 5.32 Å². The number of carbonyl (C=O) groups excluding carboxylic acids is 1. The van der Waals surface area contributed by atoms with Crippen LogP contribution in [0.1, 0.15) is 34.1 Å². The van der Waals surface area contributed by atoms with Gasteiger partial charge in [0.2, 0.25) is 5.91 Å². The monoisotopic (exact) mass is 227 g/mol. The Morgan fingerprint density at radius 3 is 2.12 bits per heavy atom. The number of carboxylic acid groups (broad SMARTS) is 1. The second-order valence-electron chi connectivity index (χ2n) is 4.63. The molecule has 0 spiro atoms. The standard InChI is InChI=1S/C12H21NO3/c1-7(2)6-9(5)11(14)13-10(8(3)4)12(15)16/h8-10H,1,6H2,2-5H3,(H,13,14)(H,15,16)/t9?,10-/m1/s1. The number of carbonyl (C=O) groups is 2. The molecular weight excluding hydrogens is 206 g/mol. The van der Waals surface area contributed by atoms with Crippen LogP contribution >= 0.6 is 0 Å². The molecule has 0 radical (unpaired) electrons. The predicted octanol–water partition coefficient (Wildman–Crippen LogP) is 1.81. The van der Waals surface area contributed by atoms with Gasteiger partial charge >= 0.3 is 5.97 Å². The summed E-state index contributed by atoms with van der Waals surface area (Å²) < 4.78 is 0. The lowest BCUT2D eigenvalue weighted by atomic mass is 10.00. The minimum atomic E-state index is -0.995. The molecule has 4 heteroatoms. The first-order valence-electron chi connectivity index (χ1n) is 5.43. The summed E-state index contributed by atoms with van der Waals surface area (Å²) in [5.41, 5.74) is 0.916. The molecule has 0 aliphatic heterocycles. The summed E-state index contributed by atoms with van der Waals surface area (Å²) in [5, 5.41) is 11.5. The van der Waals surface area contributed by atoms with Gasteiger partial charge in [-0.2, -0.15) is 0 Å². The average molecular weight is 227 g/mol. The van der Waals surface area contributed by atoms with Crippen LogP contribution in [0.4, 0.5) is 0 Å². The van der Waals surface area contributed by atoms with Gasteiger partial charge in [0.25, 0.3) is 0 Å². The molecule has 0 saturated heterocycles. The van der Waals surface area contributed by atoms with Crippen molar-refractivity contribution in [3.05, 3.63) is 12.2 Å². The zero-order valence-electron chi connectivity index (χ0n) is 10.4. The number of allylic oxidation sites excluding steroid dienone is 1. The van der Waals surface area contributed by atoms with Crippen molar-refractivity contribution in [2.45, 2.75) is 40.2 Å². The summed E-state index contributed by atoms with van der Waals surface area (Å²) in [6.07, 6.45) is 0.580. The Bertz CT molecular complexity index is 284. The molecule has 0 rings (SSSR count). The van der Waals surface area contributed by atoms with E-state index in [1.54, 1.807) is 20.8 Å². The SMILES string of the molecule is C=C(C)CC(C)C(=O)N[C@@H](C(=O)O)C(C)C. The Kier molecular flexibility index (Phi) is 5.78. The topological polar surface area (TPSA) is 66.4 Å². The van der Waals surface area contributed by atoms with Gasteiger partial charge in [-0.05, 0) is 19.3 Å². The van der Waals surface area contributed by atoms with Gasteiger partial charge in [0.1, 0.15) is 6.04 Å². The first-order valence-corrected chi connectivity index (χ1v) is 5.43. The third kappa shape index (κ3) is 4.96. The predicted molar refractivity (Wildman–Crippen MR) is 63.0 cm³/mol. The van der Waals surface area contributed by atoms with Gasteiger partial charge in [0, 0.05) is 5.92 Å². The fraction of sp³-hybridized carbons (Fsp3) is 0.667. The van der Waals surface area contributed by atoms with Crippen molar-refractivity contribution in [3.63, 3.8) is 0 Å². The van der Waals surface area contributed by atoms with E-state index in [2.05, 4.69) is 11.9 Å². The van der Waals surface area contributed by atoms with Crippen molar-refractivity contribution in [2.75, 3.05) is 0 Å². The number of hydrogen-bond acceptors (Lipinski definition) is 2. The lowest BCUT2D eigenvalue weighted by Gasteiger charge is -2.20. The summed E-state index contributed by atoms with van der Waals surface area (Å²) in [7, 11) is 0. The lowest BCUT2D eigenvalue weighted by Crippen LogP contribution is -2.46. The van der Waals surface area contributed by atoms with Crippen LogP contribution in [-0.4, -0.2) is 23.0 Å². The van der Waals surface area contributed by atoms with Crippen LogP contribution in [0.3, 0.4) is 0 Å². The number of aliphatic carboxylic acids is 1. The van der Waals surface area contributed by atoms with E-state index in [1.807, 2.05) is 6.92 Å². The minimum absolute atomic E-state index is 0.126. The summed E-state index contributed by atoms with van der Waals surface area (Å²) in [5.74, 6) is -1.59. The molecule has 0 aliphatic rings. The highest BCUT2D eigenvalue weighted by Gasteiger charge is 2.25. The molecule has 0 aromatic rings. The van der Waals surface area contributed by atoms with Crippen molar-refractivity contribution >= 4 is 11.9 Å². The largest absolute Gasteiger partial charge is 0.480 e. The lowest BCUT2D eigenvalue weighted by molar-refractivity contribution is -0.143. The van der Waals surface area contributed by atoms with Crippen LogP contribution < -0.4 is 5.32 Å². The molecule has 0 saturated carbocycles. The second-order valence-corrected chi connectivity index (χ2v) is 4.63. The van der Waals surface area contributed by atoms with E-state index in [4.69, 9.17) is 5.11 Å². The van der Waals surface area contributed by atoms with E-state index in [9.17, 15) is 9.59 Å². The normalized spacial score (nSPS) is 14.3. The van der Waals surface area contributed by atoms with Crippen LogP contribution in [0.15, 0.2) is 12.2 Å². The Morgan fingerprint density at radius 2 is 1.81 bits per heavy atom. The average Bonchev–Trinajstić information content (AvgIpc) is 2.11. The number of amides is 1. The van der Waals surface area contributed by atoms with E-state index in [0.717, 1.165) is 5.57 Å². The maximum Gasteiger partial charge on any atom is 0.326 e. The molecule has 1 unspecified atom stereocenters. The Balaban J connectivity index is 4.40. The Hall–Kier alpha value is -1.32. The van der Waals surface area contributed by atoms with Crippen molar-refractivity contribution in [3.8, 4) is 0 Å². The molecule has 16 heavy (non-hydrogen) atoms. The smallest absolute Gasteiger partial charge is 0.326 e. The second kappa shape index (κ2) is 6.30. The van der Waals surface area contributed by atoms with Gasteiger partial charge in [-0.3, -0.25) is 4.79 Å². The van der Waals surface area contributed by atoms with E-state index >= 15 is 0 Å². The number of nitrogens with one attached hydrogen (secondary N) is 1. The van der Waals surface area contributed by atoms with Crippen LogP contribution in [0.25, 0.3) is 0 Å². The number of carboxylic acids is 1. The summed E-state index contributed by atoms with van der Waals surface area (Å²) in [6, 6.07) is -0.819. The third-order valence-corrected chi connectivity index (χ3v) is 2.33. The van der Waals surface area contributed by atoms with E-state index < -0.39 is 12.0 Å². The molecular formula is C12H21NO3. The summed E-state index contributed by atoms with van der Waals surface area (Å²) in [6.45, 7) is 10.9. The van der Waals surface area contributed by atoms with Gasteiger partial charge in [-0.1, -0.05) is 26.3 Å². The molecule has 0 aromatic carbocycles. The molecule has 2 N–H and O–H groups in total. The summed E-state index contributed by atoms with van der Waals surface area (Å²) >= 11 is 0. The highest BCUT2D eigenvalue weighted by atomic mass is 16.4. The molecule has 0 bridgehead atoms. The van der Waals surface area contributed by atoms with Crippen molar-refractivity contribution in [1.29, 1.82) is 0 Å². The summed E-state index contributed by atoms with van der Waals surface area (Å²) in [4.78, 5) is 22.6. The highest BCUT2D eigenvalue weighted by Crippen LogP contribution is 2.10. The first kappa shape index (κ1) is 14.7.